The van der Waals surface area contributed by atoms with Crippen molar-refractivity contribution in [2.45, 2.75) is 24.7 Å². The molecule has 0 aromatic rings. The Morgan fingerprint density at radius 1 is 1.69 bits per heavy atom. The number of carbonyl (C=O) groups excluding carboxylic acids is 1. The number of ether oxygens (including phenoxy) is 1. The number of hydrogen-bond donors (Lipinski definition) is 3. The molecule has 1 rings (SSSR count). The van der Waals surface area contributed by atoms with E-state index in [9.17, 15) is 15.0 Å². The van der Waals surface area contributed by atoms with Gasteiger partial charge in [-0.2, -0.15) is 0 Å². The van der Waals surface area contributed by atoms with Crippen LogP contribution in [0.3, 0.4) is 0 Å². The molecule has 0 radical (unpaired) electrons. The number of esters is 1. The summed E-state index contributed by atoms with van der Waals surface area (Å²) in [7, 11) is 1.26. The number of rotatable bonds is 1. The summed E-state index contributed by atoms with van der Waals surface area (Å²) in [5, 5.41) is 18.5. The molecular formula is C8H13NO4. The van der Waals surface area contributed by atoms with Gasteiger partial charge >= 0.3 is 5.97 Å². The van der Waals surface area contributed by atoms with Crippen LogP contribution in [0.5, 0.6) is 0 Å². The zero-order valence-corrected chi connectivity index (χ0v) is 7.30. The lowest BCUT2D eigenvalue weighted by atomic mass is 9.91. The van der Waals surface area contributed by atoms with Gasteiger partial charge in [-0.25, -0.2) is 4.79 Å². The highest BCUT2D eigenvalue weighted by atomic mass is 16.5. The smallest absolute Gasteiger partial charge is 0.333 e. The first-order chi connectivity index (χ1) is 6.06. The van der Waals surface area contributed by atoms with Gasteiger partial charge < -0.3 is 20.7 Å². The van der Waals surface area contributed by atoms with Crippen LogP contribution in [-0.4, -0.2) is 41.5 Å². The maximum atomic E-state index is 11.0. The van der Waals surface area contributed by atoms with E-state index in [1.165, 1.54) is 13.2 Å². The van der Waals surface area contributed by atoms with Crippen molar-refractivity contribution in [2.24, 2.45) is 5.73 Å². The first kappa shape index (κ1) is 10.2. The SMILES string of the molecule is COC(=O)C1=C[C@@H](N)[C@@H](O)[C@H](O)C1. The molecule has 0 aromatic heterocycles. The van der Waals surface area contributed by atoms with Crippen molar-refractivity contribution in [1.29, 1.82) is 0 Å². The highest BCUT2D eigenvalue weighted by molar-refractivity contribution is 5.88. The summed E-state index contributed by atoms with van der Waals surface area (Å²) in [4.78, 5) is 11.0. The van der Waals surface area contributed by atoms with Crippen molar-refractivity contribution in [3.05, 3.63) is 11.6 Å². The van der Waals surface area contributed by atoms with Crippen LogP contribution < -0.4 is 5.73 Å². The Morgan fingerprint density at radius 3 is 2.77 bits per heavy atom. The lowest BCUT2D eigenvalue weighted by Gasteiger charge is -2.27. The highest BCUT2D eigenvalue weighted by Crippen LogP contribution is 2.19. The Balaban J connectivity index is 2.78. The summed E-state index contributed by atoms with van der Waals surface area (Å²) in [5.74, 6) is -0.513. The lowest BCUT2D eigenvalue weighted by Crippen LogP contribution is -2.45. The van der Waals surface area contributed by atoms with Crippen LogP contribution >= 0.6 is 0 Å². The maximum absolute atomic E-state index is 11.0. The summed E-state index contributed by atoms with van der Waals surface area (Å²) in [6.45, 7) is 0. The van der Waals surface area contributed by atoms with Crippen LogP contribution in [0.25, 0.3) is 0 Å². The highest BCUT2D eigenvalue weighted by Gasteiger charge is 2.30. The van der Waals surface area contributed by atoms with E-state index < -0.39 is 24.2 Å². The molecule has 0 bridgehead atoms. The number of nitrogens with two attached hydrogens (primary N) is 1. The lowest BCUT2D eigenvalue weighted by molar-refractivity contribution is -0.137. The van der Waals surface area contributed by atoms with Crippen LogP contribution in [0.2, 0.25) is 0 Å². The van der Waals surface area contributed by atoms with E-state index in [2.05, 4.69) is 4.74 Å². The minimum Gasteiger partial charge on any atom is -0.466 e. The normalized spacial score (nSPS) is 33.8. The van der Waals surface area contributed by atoms with Crippen LogP contribution in [-0.2, 0) is 9.53 Å². The topological polar surface area (TPSA) is 92.8 Å². The van der Waals surface area contributed by atoms with E-state index in [0.29, 0.717) is 5.57 Å². The molecule has 5 nitrogen and oxygen atoms in total. The largest absolute Gasteiger partial charge is 0.466 e. The number of carbonyl (C=O) groups is 1. The summed E-state index contributed by atoms with van der Waals surface area (Å²) in [5.41, 5.74) is 5.77. The molecule has 4 N–H and O–H groups in total. The molecule has 1 aliphatic carbocycles. The van der Waals surface area contributed by atoms with Gasteiger partial charge in [0.1, 0.15) is 0 Å². The van der Waals surface area contributed by atoms with Gasteiger partial charge in [-0.3, -0.25) is 0 Å². The fourth-order valence-corrected chi connectivity index (χ4v) is 1.28. The Bertz CT molecular complexity index is 238. The van der Waals surface area contributed by atoms with Gasteiger partial charge in [-0.15, -0.1) is 0 Å². The van der Waals surface area contributed by atoms with Crippen LogP contribution in [0.1, 0.15) is 6.42 Å². The average Bonchev–Trinajstić information content (AvgIpc) is 2.12. The minimum absolute atomic E-state index is 0.0849. The van der Waals surface area contributed by atoms with E-state index in [-0.39, 0.29) is 6.42 Å². The summed E-state index contributed by atoms with van der Waals surface area (Å²) < 4.78 is 4.47. The van der Waals surface area contributed by atoms with Gasteiger partial charge in [0.05, 0.1) is 25.4 Å². The average molecular weight is 187 g/mol. The molecule has 5 heteroatoms. The molecule has 0 spiro atoms. The summed E-state index contributed by atoms with van der Waals surface area (Å²) >= 11 is 0. The third-order valence-electron chi connectivity index (χ3n) is 2.06. The van der Waals surface area contributed by atoms with Gasteiger partial charge in [0.2, 0.25) is 0 Å². The molecule has 0 saturated heterocycles. The van der Waals surface area contributed by atoms with Gasteiger partial charge in [0, 0.05) is 12.0 Å². The van der Waals surface area contributed by atoms with Gasteiger partial charge in [0.15, 0.2) is 0 Å². The van der Waals surface area contributed by atoms with E-state index in [4.69, 9.17) is 5.73 Å². The Hall–Kier alpha value is -0.910. The zero-order chi connectivity index (χ0) is 10.0. The quantitative estimate of drug-likeness (QED) is 0.436. The Morgan fingerprint density at radius 2 is 2.31 bits per heavy atom. The van der Waals surface area contributed by atoms with E-state index >= 15 is 0 Å². The maximum Gasteiger partial charge on any atom is 0.333 e. The zero-order valence-electron chi connectivity index (χ0n) is 7.30. The summed E-state index contributed by atoms with van der Waals surface area (Å²) in [6, 6.07) is -0.710. The molecular weight excluding hydrogens is 174 g/mol. The molecule has 3 atom stereocenters. The monoisotopic (exact) mass is 187 g/mol. The molecule has 0 aliphatic heterocycles. The fraction of sp³-hybridized carbons (Fsp3) is 0.625. The van der Waals surface area contributed by atoms with Crippen molar-refractivity contribution in [3.63, 3.8) is 0 Å². The molecule has 0 aromatic carbocycles. The van der Waals surface area contributed by atoms with Gasteiger partial charge in [-0.1, -0.05) is 6.08 Å². The van der Waals surface area contributed by atoms with Crippen molar-refractivity contribution >= 4 is 5.97 Å². The third kappa shape index (κ3) is 2.06. The fourth-order valence-electron chi connectivity index (χ4n) is 1.28. The molecule has 1 aliphatic rings. The van der Waals surface area contributed by atoms with E-state index in [1.54, 1.807) is 0 Å². The van der Waals surface area contributed by atoms with Gasteiger partial charge in [-0.05, 0) is 0 Å². The predicted molar refractivity (Wildman–Crippen MR) is 44.7 cm³/mol. The molecule has 0 fully saturated rings. The second-order valence-corrected chi connectivity index (χ2v) is 3.02. The molecule has 13 heavy (non-hydrogen) atoms. The Labute approximate surface area is 75.8 Å². The van der Waals surface area contributed by atoms with Crippen LogP contribution in [0.15, 0.2) is 11.6 Å². The van der Waals surface area contributed by atoms with Crippen LogP contribution in [0.4, 0.5) is 0 Å². The van der Waals surface area contributed by atoms with Crippen molar-refractivity contribution < 1.29 is 19.7 Å². The van der Waals surface area contributed by atoms with Gasteiger partial charge in [0.25, 0.3) is 0 Å². The molecule has 0 amide bonds. The number of methoxy groups -OCH3 is 1. The summed E-state index contributed by atoms with van der Waals surface area (Å²) in [6.07, 6.45) is -0.493. The van der Waals surface area contributed by atoms with Crippen molar-refractivity contribution in [1.82, 2.24) is 0 Å². The number of hydrogen-bond acceptors (Lipinski definition) is 5. The minimum atomic E-state index is -1.01. The number of aliphatic hydroxyl groups is 2. The van der Waals surface area contributed by atoms with Crippen LogP contribution in [0, 0.1) is 0 Å². The second-order valence-electron chi connectivity index (χ2n) is 3.02. The molecule has 0 heterocycles. The van der Waals surface area contributed by atoms with E-state index in [1.807, 2.05) is 0 Å². The molecule has 0 saturated carbocycles. The first-order valence-corrected chi connectivity index (χ1v) is 3.97. The van der Waals surface area contributed by atoms with Crippen molar-refractivity contribution in [3.8, 4) is 0 Å². The molecule has 74 valence electrons. The van der Waals surface area contributed by atoms with E-state index in [0.717, 1.165) is 0 Å². The number of aliphatic hydroxyl groups excluding tert-OH is 2. The third-order valence-corrected chi connectivity index (χ3v) is 2.06. The predicted octanol–water partition coefficient (Wildman–Crippen LogP) is -1.46. The van der Waals surface area contributed by atoms with Crippen molar-refractivity contribution in [2.75, 3.05) is 7.11 Å². The Kier molecular flexibility index (Phi) is 3.02. The first-order valence-electron chi connectivity index (χ1n) is 3.97. The standard InChI is InChI=1S/C8H13NO4/c1-13-8(12)4-2-5(9)7(11)6(10)3-4/h2,5-7,10-11H,3,9H2,1H3/t5-,6-,7-/m1/s1. The molecule has 0 unspecified atom stereocenters. The second kappa shape index (κ2) is 3.87.